The van der Waals surface area contributed by atoms with Crippen LogP contribution in [0.3, 0.4) is 0 Å². The molecular formula is C19H21F3N2OS. The fraction of sp³-hybridized carbons (Fsp3) is 0.421. The van der Waals surface area contributed by atoms with E-state index in [0.29, 0.717) is 18.7 Å². The molecule has 3 nitrogen and oxygen atoms in total. The van der Waals surface area contributed by atoms with Gasteiger partial charge in [-0.2, -0.15) is 13.2 Å². The van der Waals surface area contributed by atoms with Crippen LogP contribution in [0.2, 0.25) is 0 Å². The summed E-state index contributed by atoms with van der Waals surface area (Å²) >= 11 is 1.72. The molecule has 140 valence electrons. The molecule has 1 aliphatic rings. The lowest BCUT2D eigenvalue weighted by molar-refractivity contribution is -0.138. The number of hydrogen-bond acceptors (Lipinski definition) is 3. The molecule has 1 aromatic heterocycles. The van der Waals surface area contributed by atoms with Gasteiger partial charge < -0.3 is 4.90 Å². The van der Waals surface area contributed by atoms with E-state index in [0.717, 1.165) is 18.6 Å². The first kappa shape index (κ1) is 18.9. The molecule has 1 aromatic carbocycles. The van der Waals surface area contributed by atoms with E-state index in [4.69, 9.17) is 0 Å². The zero-order valence-electron chi connectivity index (χ0n) is 14.7. The lowest BCUT2D eigenvalue weighted by Crippen LogP contribution is -2.46. The largest absolute Gasteiger partial charge is 0.416 e. The van der Waals surface area contributed by atoms with Crippen LogP contribution in [0.5, 0.6) is 0 Å². The third kappa shape index (κ3) is 4.10. The first-order valence-electron chi connectivity index (χ1n) is 8.46. The van der Waals surface area contributed by atoms with E-state index < -0.39 is 17.8 Å². The molecule has 1 aliphatic heterocycles. The summed E-state index contributed by atoms with van der Waals surface area (Å²) in [5, 5.41) is 2.04. The number of alkyl halides is 3. The van der Waals surface area contributed by atoms with Crippen LogP contribution in [-0.2, 0) is 30.5 Å². The Kier molecular flexibility index (Phi) is 5.39. The third-order valence-electron chi connectivity index (χ3n) is 4.82. The number of thiophene rings is 1. The summed E-state index contributed by atoms with van der Waals surface area (Å²) in [6.45, 7) is 3.39. The van der Waals surface area contributed by atoms with E-state index in [1.165, 1.54) is 16.5 Å². The van der Waals surface area contributed by atoms with E-state index in [9.17, 15) is 18.0 Å². The SMILES string of the molecule is CC(C(=O)N1CCc2sccc2C1)N(C)Cc1cccc(C(F)(F)F)c1. The van der Waals surface area contributed by atoms with E-state index in [-0.39, 0.29) is 12.5 Å². The number of amides is 1. The van der Waals surface area contributed by atoms with Gasteiger partial charge in [0.05, 0.1) is 11.6 Å². The summed E-state index contributed by atoms with van der Waals surface area (Å²) in [5.41, 5.74) is 1.08. The molecule has 0 saturated heterocycles. The molecule has 26 heavy (non-hydrogen) atoms. The molecule has 0 radical (unpaired) electrons. The van der Waals surface area contributed by atoms with Crippen molar-refractivity contribution >= 4 is 17.2 Å². The Morgan fingerprint density at radius 2 is 2.12 bits per heavy atom. The number of benzene rings is 1. The maximum atomic E-state index is 12.9. The Labute approximate surface area is 155 Å². The Balaban J connectivity index is 1.64. The molecule has 0 spiro atoms. The number of halogens is 3. The van der Waals surface area contributed by atoms with Crippen LogP contribution in [0.4, 0.5) is 13.2 Å². The molecule has 3 rings (SSSR count). The molecule has 0 bridgehead atoms. The van der Waals surface area contributed by atoms with E-state index in [1.54, 1.807) is 36.3 Å². The minimum absolute atomic E-state index is 0.0105. The van der Waals surface area contributed by atoms with Crippen LogP contribution in [0.25, 0.3) is 0 Å². The average Bonchev–Trinajstić information content (AvgIpc) is 3.07. The number of rotatable bonds is 4. The lowest BCUT2D eigenvalue weighted by Gasteiger charge is -2.33. The summed E-state index contributed by atoms with van der Waals surface area (Å²) in [5.74, 6) is 0.0105. The summed E-state index contributed by atoms with van der Waals surface area (Å²) in [6, 6.07) is 6.92. The Hall–Kier alpha value is -1.86. The molecule has 0 fully saturated rings. The predicted molar refractivity (Wildman–Crippen MR) is 95.8 cm³/mol. The zero-order chi connectivity index (χ0) is 18.9. The number of fused-ring (bicyclic) bond motifs is 1. The van der Waals surface area contributed by atoms with Gasteiger partial charge in [-0.15, -0.1) is 11.3 Å². The first-order chi connectivity index (χ1) is 12.3. The van der Waals surface area contributed by atoms with Gasteiger partial charge in [0.15, 0.2) is 0 Å². The summed E-state index contributed by atoms with van der Waals surface area (Å²) < 4.78 is 38.6. The predicted octanol–water partition coefficient (Wildman–Crippen LogP) is 4.17. The Morgan fingerprint density at radius 3 is 2.85 bits per heavy atom. The third-order valence-corrected chi connectivity index (χ3v) is 5.85. The highest BCUT2D eigenvalue weighted by molar-refractivity contribution is 7.10. The minimum Gasteiger partial charge on any atom is -0.337 e. The summed E-state index contributed by atoms with van der Waals surface area (Å²) in [7, 11) is 1.77. The van der Waals surface area contributed by atoms with Crippen LogP contribution in [0.1, 0.15) is 28.5 Å². The summed E-state index contributed by atoms with van der Waals surface area (Å²) in [4.78, 5) is 17.8. The molecule has 2 aromatic rings. The van der Waals surface area contributed by atoms with Gasteiger partial charge in [-0.25, -0.2) is 0 Å². The molecule has 1 unspecified atom stereocenters. The maximum absolute atomic E-state index is 12.9. The van der Waals surface area contributed by atoms with Crippen molar-refractivity contribution in [2.24, 2.45) is 0 Å². The van der Waals surface area contributed by atoms with E-state index in [2.05, 4.69) is 6.07 Å². The molecule has 7 heteroatoms. The second kappa shape index (κ2) is 7.40. The molecule has 1 atom stereocenters. The van der Waals surface area contributed by atoms with Crippen LogP contribution in [0, 0.1) is 0 Å². The van der Waals surface area contributed by atoms with Crippen molar-refractivity contribution < 1.29 is 18.0 Å². The average molecular weight is 382 g/mol. The Morgan fingerprint density at radius 1 is 1.35 bits per heavy atom. The van der Waals surface area contributed by atoms with Crippen molar-refractivity contribution in [3.05, 3.63) is 57.3 Å². The number of nitrogens with zero attached hydrogens (tertiary/aromatic N) is 2. The highest BCUT2D eigenvalue weighted by Gasteiger charge is 2.31. The number of carbonyl (C=O) groups is 1. The zero-order valence-corrected chi connectivity index (χ0v) is 15.5. The van der Waals surface area contributed by atoms with Gasteiger partial charge >= 0.3 is 6.18 Å². The van der Waals surface area contributed by atoms with Crippen molar-refractivity contribution in [3.8, 4) is 0 Å². The minimum atomic E-state index is -4.36. The van der Waals surface area contributed by atoms with Crippen LogP contribution >= 0.6 is 11.3 Å². The quantitative estimate of drug-likeness (QED) is 0.792. The van der Waals surface area contributed by atoms with Crippen LogP contribution in [0.15, 0.2) is 35.7 Å². The van der Waals surface area contributed by atoms with Crippen molar-refractivity contribution in [2.45, 2.75) is 38.7 Å². The fourth-order valence-corrected chi connectivity index (χ4v) is 4.05. The normalized spacial score (nSPS) is 15.8. The first-order valence-corrected chi connectivity index (χ1v) is 9.34. The highest BCUT2D eigenvalue weighted by Crippen LogP contribution is 2.30. The van der Waals surface area contributed by atoms with Crippen molar-refractivity contribution in [2.75, 3.05) is 13.6 Å². The molecule has 0 saturated carbocycles. The van der Waals surface area contributed by atoms with Gasteiger partial charge in [0.25, 0.3) is 0 Å². The van der Waals surface area contributed by atoms with Crippen molar-refractivity contribution in [1.82, 2.24) is 9.80 Å². The van der Waals surface area contributed by atoms with Gasteiger partial charge in [0.1, 0.15) is 0 Å². The lowest BCUT2D eigenvalue weighted by atomic mass is 10.1. The van der Waals surface area contributed by atoms with Crippen molar-refractivity contribution in [1.29, 1.82) is 0 Å². The smallest absolute Gasteiger partial charge is 0.337 e. The van der Waals surface area contributed by atoms with Gasteiger partial charge in [-0.05, 0) is 49.0 Å². The number of likely N-dealkylation sites (N-methyl/N-ethyl adjacent to an activating group) is 1. The second-order valence-corrected chi connectivity index (χ2v) is 7.67. The molecule has 2 heterocycles. The van der Waals surface area contributed by atoms with Gasteiger partial charge in [-0.3, -0.25) is 9.69 Å². The standard InChI is InChI=1S/C19H21F3N2OS/c1-13(18(25)24-8-6-17-15(12-24)7-9-26-17)23(2)11-14-4-3-5-16(10-14)19(20,21)22/h3-5,7,9-10,13H,6,8,11-12H2,1-2H3. The molecule has 0 aliphatic carbocycles. The van der Waals surface area contributed by atoms with Crippen LogP contribution in [-0.4, -0.2) is 35.3 Å². The monoisotopic (exact) mass is 382 g/mol. The molecule has 1 amide bonds. The summed E-state index contributed by atoms with van der Waals surface area (Å²) in [6.07, 6.45) is -3.50. The topological polar surface area (TPSA) is 23.6 Å². The van der Waals surface area contributed by atoms with Gasteiger partial charge in [0, 0.05) is 24.5 Å². The van der Waals surface area contributed by atoms with Crippen molar-refractivity contribution in [3.63, 3.8) is 0 Å². The maximum Gasteiger partial charge on any atom is 0.416 e. The van der Waals surface area contributed by atoms with Gasteiger partial charge in [0.2, 0.25) is 5.91 Å². The van der Waals surface area contributed by atoms with E-state index in [1.807, 2.05) is 10.3 Å². The number of carbonyl (C=O) groups excluding carboxylic acids is 1. The molecular weight excluding hydrogens is 361 g/mol. The fourth-order valence-electron chi connectivity index (χ4n) is 3.16. The molecule has 0 N–H and O–H groups in total. The second-order valence-electron chi connectivity index (χ2n) is 6.67. The number of hydrogen-bond donors (Lipinski definition) is 0. The van der Waals surface area contributed by atoms with Crippen LogP contribution < -0.4 is 0 Å². The Bertz CT molecular complexity index is 787. The highest BCUT2D eigenvalue weighted by atomic mass is 32.1. The van der Waals surface area contributed by atoms with Gasteiger partial charge in [-0.1, -0.05) is 18.2 Å². The van der Waals surface area contributed by atoms with E-state index >= 15 is 0 Å².